The Morgan fingerprint density at radius 1 is 1.00 bits per heavy atom. The predicted octanol–water partition coefficient (Wildman–Crippen LogP) is 1.57. The van der Waals surface area contributed by atoms with Crippen molar-refractivity contribution in [2.45, 2.75) is 32.3 Å². The monoisotopic (exact) mass is 386 g/mol. The van der Waals surface area contributed by atoms with E-state index in [0.29, 0.717) is 13.0 Å². The summed E-state index contributed by atoms with van der Waals surface area (Å²) in [6, 6.07) is 9.25. The van der Waals surface area contributed by atoms with Gasteiger partial charge >= 0.3 is 6.09 Å². The lowest BCUT2D eigenvalue weighted by Gasteiger charge is -2.08. The first-order chi connectivity index (χ1) is 12.4. The van der Waals surface area contributed by atoms with Crippen LogP contribution in [-0.2, 0) is 30.4 Å². The summed E-state index contributed by atoms with van der Waals surface area (Å²) >= 11 is 0. The Labute approximate surface area is 154 Å². The zero-order valence-electron chi connectivity index (χ0n) is 14.9. The Bertz CT molecular complexity index is 648. The molecule has 2 amide bonds. The summed E-state index contributed by atoms with van der Waals surface area (Å²) in [7, 11) is -3.37. The Kier molecular flexibility index (Phi) is 10.3. The van der Waals surface area contributed by atoms with E-state index in [9.17, 15) is 18.0 Å². The van der Waals surface area contributed by atoms with Gasteiger partial charge in [-0.05, 0) is 18.4 Å². The molecule has 0 radical (unpaired) electrons. The number of hydrogen-bond acceptors (Lipinski definition) is 6. The van der Waals surface area contributed by atoms with Crippen LogP contribution in [0.2, 0.25) is 0 Å². The van der Waals surface area contributed by atoms with Gasteiger partial charge in [-0.3, -0.25) is 8.98 Å². The number of ether oxygens (including phenoxy) is 1. The molecule has 0 bridgehead atoms. The van der Waals surface area contributed by atoms with Crippen LogP contribution in [0.3, 0.4) is 0 Å². The van der Waals surface area contributed by atoms with Gasteiger partial charge in [0.15, 0.2) is 0 Å². The molecule has 0 spiro atoms. The van der Waals surface area contributed by atoms with Gasteiger partial charge in [0.1, 0.15) is 6.61 Å². The number of rotatable bonds is 12. The standard InChI is InChI=1S/C17H26N2O6S/c1-26(22,23)25-12-8-3-2-7-11-18-16(20)13-19-17(21)24-14-15-9-5-4-6-10-15/h4-6,9-10H,2-3,7-8,11-14H2,1H3,(H,18,20)(H,19,21). The first-order valence-electron chi connectivity index (χ1n) is 8.42. The minimum absolute atomic E-state index is 0.143. The summed E-state index contributed by atoms with van der Waals surface area (Å²) in [4.78, 5) is 23.1. The molecule has 1 rings (SSSR count). The molecule has 1 aromatic rings. The third-order valence-electron chi connectivity index (χ3n) is 3.30. The van der Waals surface area contributed by atoms with Gasteiger partial charge in [-0.25, -0.2) is 4.79 Å². The molecule has 0 fully saturated rings. The summed E-state index contributed by atoms with van der Waals surface area (Å²) in [6.45, 7) is 0.680. The number of hydrogen-bond donors (Lipinski definition) is 2. The van der Waals surface area contributed by atoms with Crippen LogP contribution in [0.15, 0.2) is 30.3 Å². The minimum atomic E-state index is -3.37. The van der Waals surface area contributed by atoms with Crippen molar-refractivity contribution in [3.8, 4) is 0 Å². The van der Waals surface area contributed by atoms with Gasteiger partial charge in [-0.2, -0.15) is 8.42 Å². The number of unbranched alkanes of at least 4 members (excludes halogenated alkanes) is 3. The van der Waals surface area contributed by atoms with E-state index in [-0.39, 0.29) is 25.7 Å². The van der Waals surface area contributed by atoms with Crippen molar-refractivity contribution in [3.63, 3.8) is 0 Å². The molecule has 2 N–H and O–H groups in total. The van der Waals surface area contributed by atoms with E-state index < -0.39 is 16.2 Å². The minimum Gasteiger partial charge on any atom is -0.445 e. The van der Waals surface area contributed by atoms with E-state index in [1.807, 2.05) is 30.3 Å². The molecule has 0 aliphatic carbocycles. The second kappa shape index (κ2) is 12.3. The van der Waals surface area contributed by atoms with Crippen molar-refractivity contribution in [3.05, 3.63) is 35.9 Å². The molecule has 9 heteroatoms. The molecule has 26 heavy (non-hydrogen) atoms. The predicted molar refractivity (Wildman–Crippen MR) is 96.9 cm³/mol. The number of nitrogens with one attached hydrogen (secondary N) is 2. The number of benzene rings is 1. The molecule has 0 saturated carbocycles. The van der Waals surface area contributed by atoms with Crippen molar-refractivity contribution in [2.24, 2.45) is 0 Å². The summed E-state index contributed by atoms with van der Waals surface area (Å²) in [5.41, 5.74) is 0.869. The topological polar surface area (TPSA) is 111 Å². The van der Waals surface area contributed by atoms with Crippen LogP contribution < -0.4 is 10.6 Å². The zero-order chi connectivity index (χ0) is 19.3. The lowest BCUT2D eigenvalue weighted by Crippen LogP contribution is -2.37. The van der Waals surface area contributed by atoms with Crippen LogP contribution in [-0.4, -0.2) is 46.4 Å². The van der Waals surface area contributed by atoms with Gasteiger partial charge < -0.3 is 15.4 Å². The third kappa shape index (κ3) is 12.3. The second-order valence-electron chi connectivity index (χ2n) is 5.71. The summed E-state index contributed by atoms with van der Waals surface area (Å²) in [6.07, 6.45) is 3.46. The van der Waals surface area contributed by atoms with E-state index >= 15 is 0 Å². The molecule has 8 nitrogen and oxygen atoms in total. The lowest BCUT2D eigenvalue weighted by molar-refractivity contribution is -0.120. The van der Waals surface area contributed by atoms with Crippen LogP contribution in [0.4, 0.5) is 4.79 Å². The largest absolute Gasteiger partial charge is 0.445 e. The molecular formula is C17H26N2O6S. The molecule has 0 heterocycles. The molecule has 1 aromatic carbocycles. The van der Waals surface area contributed by atoms with Crippen molar-refractivity contribution in [1.82, 2.24) is 10.6 Å². The fourth-order valence-corrected chi connectivity index (χ4v) is 2.43. The number of alkyl carbamates (subject to hydrolysis) is 1. The van der Waals surface area contributed by atoms with Crippen molar-refractivity contribution < 1.29 is 26.9 Å². The molecule has 0 aliphatic heterocycles. The maximum atomic E-state index is 11.6. The highest BCUT2D eigenvalue weighted by atomic mass is 32.2. The first-order valence-corrected chi connectivity index (χ1v) is 10.2. The van der Waals surface area contributed by atoms with Crippen molar-refractivity contribution in [1.29, 1.82) is 0 Å². The Morgan fingerprint density at radius 2 is 1.69 bits per heavy atom. The van der Waals surface area contributed by atoms with E-state index in [1.165, 1.54) is 0 Å². The van der Waals surface area contributed by atoms with Crippen LogP contribution in [0.5, 0.6) is 0 Å². The molecule has 0 saturated heterocycles. The molecule has 146 valence electrons. The van der Waals surface area contributed by atoms with Gasteiger partial charge in [0.25, 0.3) is 10.1 Å². The van der Waals surface area contributed by atoms with Gasteiger partial charge in [-0.1, -0.05) is 43.2 Å². The molecule has 0 aliphatic rings. The molecule has 0 aromatic heterocycles. The summed E-state index contributed by atoms with van der Waals surface area (Å²) in [5.74, 6) is -0.290. The average molecular weight is 386 g/mol. The van der Waals surface area contributed by atoms with E-state index in [2.05, 4.69) is 14.8 Å². The number of carbonyl (C=O) groups is 2. The number of amides is 2. The van der Waals surface area contributed by atoms with Gasteiger partial charge in [-0.15, -0.1) is 0 Å². The average Bonchev–Trinajstić information content (AvgIpc) is 2.60. The molecular weight excluding hydrogens is 360 g/mol. The fraction of sp³-hybridized carbons (Fsp3) is 0.529. The third-order valence-corrected chi connectivity index (χ3v) is 3.89. The molecule has 0 atom stereocenters. The summed E-state index contributed by atoms with van der Waals surface area (Å²) in [5, 5.41) is 5.08. The second-order valence-corrected chi connectivity index (χ2v) is 7.35. The lowest BCUT2D eigenvalue weighted by atomic mass is 10.2. The maximum Gasteiger partial charge on any atom is 0.407 e. The fourth-order valence-electron chi connectivity index (χ4n) is 2.01. The smallest absolute Gasteiger partial charge is 0.407 e. The van der Waals surface area contributed by atoms with Crippen LogP contribution >= 0.6 is 0 Å². The van der Waals surface area contributed by atoms with Crippen molar-refractivity contribution in [2.75, 3.05) is 26.0 Å². The highest BCUT2D eigenvalue weighted by Gasteiger charge is 2.06. The van der Waals surface area contributed by atoms with Crippen LogP contribution in [0.1, 0.15) is 31.2 Å². The maximum absolute atomic E-state index is 11.6. The Morgan fingerprint density at radius 3 is 2.38 bits per heavy atom. The summed E-state index contributed by atoms with van der Waals surface area (Å²) < 4.78 is 31.1. The molecule has 0 unspecified atom stereocenters. The zero-order valence-corrected chi connectivity index (χ0v) is 15.7. The van der Waals surface area contributed by atoms with E-state index in [4.69, 9.17) is 4.74 Å². The highest BCUT2D eigenvalue weighted by Crippen LogP contribution is 2.01. The van der Waals surface area contributed by atoms with Gasteiger partial charge in [0.05, 0.1) is 19.4 Å². The SMILES string of the molecule is CS(=O)(=O)OCCCCCCNC(=O)CNC(=O)OCc1ccccc1. The first kappa shape index (κ1) is 21.9. The Hall–Kier alpha value is -2.13. The quantitative estimate of drug-likeness (QED) is 0.417. The van der Waals surface area contributed by atoms with E-state index in [0.717, 1.165) is 31.1 Å². The van der Waals surface area contributed by atoms with E-state index in [1.54, 1.807) is 0 Å². The van der Waals surface area contributed by atoms with Crippen molar-refractivity contribution >= 4 is 22.1 Å². The highest BCUT2D eigenvalue weighted by molar-refractivity contribution is 7.85. The van der Waals surface area contributed by atoms with Crippen LogP contribution in [0.25, 0.3) is 0 Å². The van der Waals surface area contributed by atoms with Gasteiger partial charge in [0, 0.05) is 6.54 Å². The normalized spacial score (nSPS) is 11.0. The number of carbonyl (C=O) groups excluding carboxylic acids is 2. The van der Waals surface area contributed by atoms with Crippen LogP contribution in [0, 0.1) is 0 Å². The van der Waals surface area contributed by atoms with Gasteiger partial charge in [0.2, 0.25) is 5.91 Å². The Balaban J connectivity index is 1.97.